The van der Waals surface area contributed by atoms with Crippen LogP contribution in [-0.4, -0.2) is 37.7 Å². The van der Waals surface area contributed by atoms with E-state index in [0.717, 1.165) is 10.2 Å². The van der Waals surface area contributed by atoms with Gasteiger partial charge in [-0.1, -0.05) is 35.1 Å². The van der Waals surface area contributed by atoms with Gasteiger partial charge in [0.25, 0.3) is 5.91 Å². The van der Waals surface area contributed by atoms with Crippen LogP contribution < -0.4 is 5.32 Å². The van der Waals surface area contributed by atoms with E-state index in [9.17, 15) is 9.90 Å². The Kier molecular flexibility index (Phi) is 5.50. The van der Waals surface area contributed by atoms with Gasteiger partial charge in [-0.2, -0.15) is 0 Å². The second kappa shape index (κ2) is 8.22. The van der Waals surface area contributed by atoms with Crippen molar-refractivity contribution >= 4 is 44.2 Å². The van der Waals surface area contributed by atoms with Crippen LogP contribution >= 0.6 is 22.9 Å². The van der Waals surface area contributed by atoms with Crippen molar-refractivity contribution in [2.45, 2.75) is 6.10 Å². The molecule has 1 amide bonds. The van der Waals surface area contributed by atoms with E-state index in [1.807, 2.05) is 24.3 Å². The van der Waals surface area contributed by atoms with Crippen LogP contribution in [-0.2, 0) is 0 Å². The second-order valence-electron chi connectivity index (χ2n) is 6.17. The lowest BCUT2D eigenvalue weighted by Gasteiger charge is -2.10. The lowest BCUT2D eigenvalue weighted by atomic mass is 10.1. The van der Waals surface area contributed by atoms with Crippen molar-refractivity contribution < 1.29 is 15.0 Å². The fraction of sp³-hybridized carbons (Fsp3) is 0.100. The molecule has 0 radical (unpaired) electrons. The molecule has 3 heterocycles. The Hall–Kier alpha value is -2.91. The number of para-hydroxylation sites is 1. The van der Waals surface area contributed by atoms with Crippen molar-refractivity contribution in [2.24, 2.45) is 0 Å². The monoisotopic (exact) mass is 426 g/mol. The molecule has 0 saturated heterocycles. The first-order valence-electron chi connectivity index (χ1n) is 8.63. The van der Waals surface area contributed by atoms with E-state index in [1.54, 1.807) is 18.2 Å². The Bertz CT molecular complexity index is 1150. The molecule has 4 aromatic rings. The minimum absolute atomic E-state index is 0.233. The third-order valence-electron chi connectivity index (χ3n) is 4.20. The molecule has 0 aliphatic heterocycles. The summed E-state index contributed by atoms with van der Waals surface area (Å²) in [4.78, 5) is 25.3. The Labute approximate surface area is 174 Å². The number of carbonyl (C=O) groups is 1. The summed E-state index contributed by atoms with van der Waals surface area (Å²) in [6, 6.07) is 12.4. The van der Waals surface area contributed by atoms with Gasteiger partial charge < -0.3 is 10.2 Å². The third kappa shape index (κ3) is 4.10. The molecule has 7 nitrogen and oxygen atoms in total. The molecule has 0 fully saturated rings. The number of thiazole rings is 1. The number of anilines is 1. The summed E-state index contributed by atoms with van der Waals surface area (Å²) in [5.41, 5.74) is 2.56. The molecule has 29 heavy (non-hydrogen) atoms. The number of nitrogens with one attached hydrogen (secondary N) is 1. The Morgan fingerprint density at radius 3 is 2.69 bits per heavy atom. The smallest absolute Gasteiger partial charge is 0.276 e. The Balaban J connectivity index is 1.52. The maximum Gasteiger partial charge on any atom is 0.276 e. The molecule has 0 spiro atoms. The number of carbonyl (C=O) groups excluding carboxylic acids is 1. The van der Waals surface area contributed by atoms with Gasteiger partial charge in [-0.15, -0.1) is 0 Å². The summed E-state index contributed by atoms with van der Waals surface area (Å²) in [5, 5.41) is 22.3. The fourth-order valence-electron chi connectivity index (χ4n) is 2.71. The van der Waals surface area contributed by atoms with Gasteiger partial charge in [0, 0.05) is 23.5 Å². The van der Waals surface area contributed by atoms with Crippen LogP contribution in [0.4, 0.5) is 5.13 Å². The number of fused-ring (bicyclic) bond motifs is 1. The van der Waals surface area contributed by atoms with Gasteiger partial charge in [-0.3, -0.25) is 20.1 Å². The van der Waals surface area contributed by atoms with E-state index in [2.05, 4.69) is 20.3 Å². The third-order valence-corrected chi connectivity index (χ3v) is 5.44. The molecule has 1 unspecified atom stereocenters. The molecule has 3 aromatic heterocycles. The Morgan fingerprint density at radius 1 is 1.17 bits per heavy atom. The Morgan fingerprint density at radius 2 is 2.00 bits per heavy atom. The molecule has 1 atom stereocenters. The molecule has 0 aliphatic rings. The minimum atomic E-state index is -1.04. The number of pyridine rings is 2. The maximum atomic E-state index is 12.5. The molecule has 0 aliphatic carbocycles. The average Bonchev–Trinajstić information content (AvgIpc) is 3.15. The van der Waals surface area contributed by atoms with Crippen LogP contribution in [0.2, 0.25) is 5.02 Å². The number of rotatable bonds is 5. The van der Waals surface area contributed by atoms with Crippen LogP contribution in [0.15, 0.2) is 54.9 Å². The lowest BCUT2D eigenvalue weighted by molar-refractivity contribution is 0.0953. The van der Waals surface area contributed by atoms with Gasteiger partial charge in [0.1, 0.15) is 11.8 Å². The first-order chi connectivity index (χ1) is 14.0. The molecular formula is C20H15ClN4O3S. The van der Waals surface area contributed by atoms with Crippen LogP contribution in [0.1, 0.15) is 22.2 Å². The van der Waals surface area contributed by atoms with Gasteiger partial charge in [0.15, 0.2) is 5.13 Å². The number of aromatic nitrogens is 3. The van der Waals surface area contributed by atoms with Crippen LogP contribution in [0.5, 0.6) is 0 Å². The average molecular weight is 427 g/mol. The van der Waals surface area contributed by atoms with Gasteiger partial charge in [-0.05, 0) is 30.3 Å². The molecule has 146 valence electrons. The summed E-state index contributed by atoms with van der Waals surface area (Å²) in [6.45, 7) is -0.419. The number of benzene rings is 1. The zero-order valence-electron chi connectivity index (χ0n) is 14.9. The summed E-state index contributed by atoms with van der Waals surface area (Å²) in [5.74, 6) is -0.365. The zero-order valence-corrected chi connectivity index (χ0v) is 16.5. The van der Waals surface area contributed by atoms with E-state index >= 15 is 0 Å². The first kappa shape index (κ1) is 19.4. The topological polar surface area (TPSA) is 108 Å². The molecule has 9 heteroatoms. The van der Waals surface area contributed by atoms with E-state index in [1.165, 1.54) is 23.7 Å². The van der Waals surface area contributed by atoms with E-state index in [-0.39, 0.29) is 11.6 Å². The number of halogens is 1. The molecule has 0 saturated carbocycles. The van der Waals surface area contributed by atoms with Crippen molar-refractivity contribution in [3.8, 4) is 11.3 Å². The van der Waals surface area contributed by atoms with Crippen molar-refractivity contribution in [1.82, 2.24) is 15.0 Å². The summed E-state index contributed by atoms with van der Waals surface area (Å²) in [7, 11) is 0. The molecule has 4 rings (SSSR count). The summed E-state index contributed by atoms with van der Waals surface area (Å²) >= 11 is 7.64. The van der Waals surface area contributed by atoms with Gasteiger partial charge >= 0.3 is 0 Å². The highest BCUT2D eigenvalue weighted by Crippen LogP contribution is 2.28. The quantitative estimate of drug-likeness (QED) is 0.449. The number of hydrogen-bond acceptors (Lipinski definition) is 7. The second-order valence-corrected chi connectivity index (χ2v) is 7.61. The molecule has 0 bridgehead atoms. The van der Waals surface area contributed by atoms with Gasteiger partial charge in [-0.25, -0.2) is 4.98 Å². The molecular weight excluding hydrogens is 412 g/mol. The first-order valence-corrected chi connectivity index (χ1v) is 9.82. The SMILES string of the molecule is O=C(Nc1nc2ccccc2s1)c1ccc(-c2ncc(C(O)CO)cc2Cl)cn1. The minimum Gasteiger partial charge on any atom is -0.393 e. The number of hydrogen-bond donors (Lipinski definition) is 3. The standard InChI is InChI=1S/C20H15ClN4O3S/c21-13-7-12(16(27)10-26)9-23-18(13)11-5-6-15(22-8-11)19(28)25-20-24-14-3-1-2-4-17(14)29-20/h1-9,16,26-27H,10H2,(H,24,25,28). The van der Waals surface area contributed by atoms with Crippen LogP contribution in [0, 0.1) is 0 Å². The van der Waals surface area contributed by atoms with Crippen molar-refractivity contribution in [2.75, 3.05) is 11.9 Å². The maximum absolute atomic E-state index is 12.5. The van der Waals surface area contributed by atoms with Crippen molar-refractivity contribution in [3.63, 3.8) is 0 Å². The lowest BCUT2D eigenvalue weighted by Crippen LogP contribution is -2.13. The fourth-order valence-corrected chi connectivity index (χ4v) is 3.85. The van der Waals surface area contributed by atoms with E-state index < -0.39 is 12.7 Å². The van der Waals surface area contributed by atoms with Gasteiger partial charge in [0.2, 0.25) is 0 Å². The number of aliphatic hydroxyl groups is 2. The number of aliphatic hydroxyl groups excluding tert-OH is 2. The van der Waals surface area contributed by atoms with Crippen molar-refractivity contribution in [3.05, 3.63) is 71.1 Å². The predicted octanol–water partition coefficient (Wildman–Crippen LogP) is 3.68. The normalized spacial score (nSPS) is 12.1. The van der Waals surface area contributed by atoms with E-state index in [0.29, 0.717) is 27.0 Å². The van der Waals surface area contributed by atoms with Gasteiger partial charge in [0.05, 0.1) is 27.5 Å². The number of nitrogens with zero attached hydrogens (tertiary/aromatic N) is 3. The highest BCUT2D eigenvalue weighted by atomic mass is 35.5. The molecule has 1 aromatic carbocycles. The largest absolute Gasteiger partial charge is 0.393 e. The number of amides is 1. The summed E-state index contributed by atoms with van der Waals surface area (Å²) < 4.78 is 0.988. The van der Waals surface area contributed by atoms with Crippen LogP contribution in [0.3, 0.4) is 0 Å². The highest BCUT2D eigenvalue weighted by Gasteiger charge is 2.14. The van der Waals surface area contributed by atoms with Crippen LogP contribution in [0.25, 0.3) is 21.5 Å². The van der Waals surface area contributed by atoms with Crippen molar-refractivity contribution in [1.29, 1.82) is 0 Å². The zero-order chi connectivity index (χ0) is 20.4. The van der Waals surface area contributed by atoms with E-state index in [4.69, 9.17) is 16.7 Å². The molecule has 3 N–H and O–H groups in total. The summed E-state index contributed by atoms with van der Waals surface area (Å²) in [6.07, 6.45) is 1.90. The highest BCUT2D eigenvalue weighted by molar-refractivity contribution is 7.22. The predicted molar refractivity (Wildman–Crippen MR) is 112 cm³/mol.